The van der Waals surface area contributed by atoms with Crippen molar-refractivity contribution in [2.75, 3.05) is 0 Å². The SMILES string of the molecule is Oc1ccccc1-c1nc2c(-c3[c-]c(-c4ccccn4)ccc3)cccc2o1.[Pt]. The number of phenols is 1. The molecule has 144 valence electrons. The number of aromatic nitrogens is 2. The van der Waals surface area contributed by atoms with Gasteiger partial charge in [-0.2, -0.15) is 0 Å². The summed E-state index contributed by atoms with van der Waals surface area (Å²) in [5.74, 6) is 0.528. The first-order chi connectivity index (χ1) is 13.8. The molecule has 0 aliphatic rings. The molecule has 0 spiro atoms. The minimum absolute atomic E-state index is 0. The van der Waals surface area contributed by atoms with Gasteiger partial charge in [0.05, 0.1) is 11.1 Å². The number of hydrogen-bond donors (Lipinski definition) is 1. The van der Waals surface area contributed by atoms with E-state index in [-0.39, 0.29) is 26.8 Å². The number of rotatable bonds is 3. The van der Waals surface area contributed by atoms with E-state index >= 15 is 0 Å². The summed E-state index contributed by atoms with van der Waals surface area (Å²) in [6, 6.07) is 28.0. The van der Waals surface area contributed by atoms with Crippen LogP contribution in [0.15, 0.2) is 89.5 Å². The molecule has 5 aromatic rings. The summed E-state index contributed by atoms with van der Waals surface area (Å²) in [6.07, 6.45) is 1.77. The maximum atomic E-state index is 10.1. The number of oxazole rings is 1. The van der Waals surface area contributed by atoms with Crippen LogP contribution < -0.4 is 0 Å². The molecule has 0 saturated heterocycles. The Kier molecular flexibility index (Phi) is 5.28. The zero-order valence-corrected chi connectivity index (χ0v) is 17.4. The van der Waals surface area contributed by atoms with Gasteiger partial charge in [-0.1, -0.05) is 47.5 Å². The van der Waals surface area contributed by atoms with E-state index in [1.807, 2.05) is 60.7 Å². The van der Waals surface area contributed by atoms with E-state index in [2.05, 4.69) is 16.0 Å². The van der Waals surface area contributed by atoms with Crippen molar-refractivity contribution >= 4 is 11.1 Å². The summed E-state index contributed by atoms with van der Waals surface area (Å²) in [7, 11) is 0. The van der Waals surface area contributed by atoms with Gasteiger partial charge in [0.25, 0.3) is 0 Å². The molecule has 0 saturated carbocycles. The van der Waals surface area contributed by atoms with Crippen molar-refractivity contribution in [3.8, 4) is 39.6 Å². The van der Waals surface area contributed by atoms with Crippen molar-refractivity contribution in [1.82, 2.24) is 9.97 Å². The second kappa shape index (κ2) is 8.02. The second-order valence-corrected chi connectivity index (χ2v) is 6.38. The number of fused-ring (bicyclic) bond motifs is 1. The van der Waals surface area contributed by atoms with Crippen molar-refractivity contribution in [2.45, 2.75) is 0 Å². The first-order valence-corrected chi connectivity index (χ1v) is 8.91. The summed E-state index contributed by atoms with van der Waals surface area (Å²) in [5, 5.41) is 10.1. The maximum Gasteiger partial charge on any atom is 0.230 e. The Morgan fingerprint density at radius 1 is 0.759 bits per heavy atom. The molecule has 29 heavy (non-hydrogen) atoms. The zero-order chi connectivity index (χ0) is 18.9. The fourth-order valence-electron chi connectivity index (χ4n) is 3.23. The van der Waals surface area contributed by atoms with Gasteiger partial charge in [-0.25, -0.2) is 4.98 Å². The number of pyridine rings is 1. The molecule has 0 amide bonds. The number of benzene rings is 3. The quantitative estimate of drug-likeness (QED) is 0.288. The molecule has 2 heterocycles. The van der Waals surface area contributed by atoms with E-state index < -0.39 is 0 Å². The van der Waals surface area contributed by atoms with Crippen LogP contribution in [0, 0.1) is 6.07 Å². The summed E-state index contributed by atoms with van der Waals surface area (Å²) in [6.45, 7) is 0. The molecule has 5 rings (SSSR count). The topological polar surface area (TPSA) is 59.2 Å². The van der Waals surface area contributed by atoms with Crippen molar-refractivity contribution in [3.05, 3.63) is 91.1 Å². The van der Waals surface area contributed by atoms with E-state index in [1.54, 1.807) is 24.4 Å². The molecule has 2 aromatic heterocycles. The number of nitrogens with zero attached hydrogens (tertiary/aromatic N) is 2. The molecule has 0 bridgehead atoms. The van der Waals surface area contributed by atoms with Crippen LogP contribution in [0.25, 0.3) is 44.9 Å². The fraction of sp³-hybridized carbons (Fsp3) is 0. The predicted octanol–water partition coefficient (Wildman–Crippen LogP) is 5.73. The Bertz CT molecular complexity index is 1280. The monoisotopic (exact) mass is 558 g/mol. The molecular formula is C24H15N2O2Pt-. The fourth-order valence-corrected chi connectivity index (χ4v) is 3.23. The van der Waals surface area contributed by atoms with E-state index in [4.69, 9.17) is 4.42 Å². The Morgan fingerprint density at radius 2 is 1.52 bits per heavy atom. The van der Waals surface area contributed by atoms with Crippen LogP contribution in [0.3, 0.4) is 0 Å². The average Bonchev–Trinajstić information content (AvgIpc) is 3.19. The zero-order valence-electron chi connectivity index (χ0n) is 15.1. The minimum Gasteiger partial charge on any atom is -0.507 e. The van der Waals surface area contributed by atoms with Crippen molar-refractivity contribution < 1.29 is 30.6 Å². The van der Waals surface area contributed by atoms with Crippen molar-refractivity contribution in [3.63, 3.8) is 0 Å². The molecule has 3 aromatic carbocycles. The number of aromatic hydroxyl groups is 1. The van der Waals surface area contributed by atoms with Gasteiger partial charge >= 0.3 is 0 Å². The van der Waals surface area contributed by atoms with Gasteiger partial charge in [0.1, 0.15) is 11.3 Å². The van der Waals surface area contributed by atoms with Crippen LogP contribution >= 0.6 is 0 Å². The smallest absolute Gasteiger partial charge is 0.230 e. The summed E-state index contributed by atoms with van der Waals surface area (Å²) in [4.78, 5) is 9.07. The molecule has 0 aliphatic carbocycles. The van der Waals surface area contributed by atoms with Gasteiger partial charge in [-0.3, -0.25) is 4.98 Å². The van der Waals surface area contributed by atoms with Crippen LogP contribution in [0.5, 0.6) is 5.75 Å². The molecule has 1 N–H and O–H groups in total. The largest absolute Gasteiger partial charge is 0.507 e. The molecule has 0 unspecified atom stereocenters. The van der Waals surface area contributed by atoms with Gasteiger partial charge in [0.2, 0.25) is 5.89 Å². The van der Waals surface area contributed by atoms with Gasteiger partial charge in [-0.15, -0.1) is 29.8 Å². The summed E-state index contributed by atoms with van der Waals surface area (Å²) < 4.78 is 5.91. The standard InChI is InChI=1S/C24H15N2O2.Pt/c27-21-12-2-1-9-19(21)24-26-23-18(10-6-13-22(23)28-24)16-7-5-8-17(15-16)20-11-3-4-14-25-20;/h1-14,27H;/q-1;. The van der Waals surface area contributed by atoms with Crippen LogP contribution in [-0.4, -0.2) is 15.1 Å². The third-order valence-corrected chi connectivity index (χ3v) is 4.58. The molecule has 0 radical (unpaired) electrons. The van der Waals surface area contributed by atoms with E-state index in [0.29, 0.717) is 17.0 Å². The van der Waals surface area contributed by atoms with Gasteiger partial charge in [-0.05, 0) is 24.3 Å². The number of para-hydroxylation sites is 2. The summed E-state index contributed by atoms with van der Waals surface area (Å²) >= 11 is 0. The van der Waals surface area contributed by atoms with Gasteiger partial charge in [0, 0.05) is 33.0 Å². The van der Waals surface area contributed by atoms with Crippen LogP contribution in [0.4, 0.5) is 0 Å². The third-order valence-electron chi connectivity index (χ3n) is 4.58. The molecule has 5 heteroatoms. The first-order valence-electron chi connectivity index (χ1n) is 8.91. The Morgan fingerprint density at radius 3 is 2.34 bits per heavy atom. The van der Waals surface area contributed by atoms with Gasteiger partial charge < -0.3 is 9.52 Å². The molecule has 0 aliphatic heterocycles. The van der Waals surface area contributed by atoms with E-state index in [9.17, 15) is 5.11 Å². The number of phenolic OH excluding ortho intramolecular Hbond substituents is 1. The average molecular weight is 558 g/mol. The Balaban J connectivity index is 0.00000205. The molecule has 0 atom stereocenters. The number of hydrogen-bond acceptors (Lipinski definition) is 4. The summed E-state index contributed by atoms with van der Waals surface area (Å²) in [5.41, 5.74) is 5.57. The molecular weight excluding hydrogens is 543 g/mol. The van der Waals surface area contributed by atoms with E-state index in [1.165, 1.54) is 0 Å². The minimum atomic E-state index is 0. The van der Waals surface area contributed by atoms with E-state index in [0.717, 1.165) is 27.9 Å². The molecule has 4 nitrogen and oxygen atoms in total. The van der Waals surface area contributed by atoms with Gasteiger partial charge in [0.15, 0.2) is 0 Å². The van der Waals surface area contributed by atoms with Crippen molar-refractivity contribution in [1.29, 1.82) is 0 Å². The second-order valence-electron chi connectivity index (χ2n) is 6.38. The predicted molar refractivity (Wildman–Crippen MR) is 109 cm³/mol. The van der Waals surface area contributed by atoms with Crippen LogP contribution in [0.2, 0.25) is 0 Å². The van der Waals surface area contributed by atoms with Crippen LogP contribution in [-0.2, 0) is 21.1 Å². The Hall–Kier alpha value is -3.23. The first kappa shape index (κ1) is 19.1. The normalized spacial score (nSPS) is 10.6. The van der Waals surface area contributed by atoms with Crippen molar-refractivity contribution in [2.24, 2.45) is 0 Å². The molecule has 0 fully saturated rings. The third kappa shape index (κ3) is 3.59. The Labute approximate surface area is 182 Å². The maximum absolute atomic E-state index is 10.1. The van der Waals surface area contributed by atoms with Crippen LogP contribution in [0.1, 0.15) is 0 Å².